The Balaban J connectivity index is 2.67. The molecular formula is C10H11BrCl2. The maximum Gasteiger partial charge on any atom is 0.0266 e. The van der Waals surface area contributed by atoms with Crippen LogP contribution in [0.5, 0.6) is 0 Å². The summed E-state index contributed by atoms with van der Waals surface area (Å²) < 4.78 is 1.13. The lowest BCUT2D eigenvalue weighted by Crippen LogP contribution is -2.08. The smallest absolute Gasteiger partial charge is 0.0266 e. The van der Waals surface area contributed by atoms with Gasteiger partial charge in [-0.05, 0) is 24.0 Å². The summed E-state index contributed by atoms with van der Waals surface area (Å²) in [6.45, 7) is 0. The summed E-state index contributed by atoms with van der Waals surface area (Å²) in [5, 5.41) is 0. The highest BCUT2D eigenvalue weighted by molar-refractivity contribution is 9.10. The standard InChI is InChI=1S/C10H11BrCl2/c11-10-4-2-1-3-9(10)5-8(6-12)7-13/h1-4,8H,5-7H2. The highest BCUT2D eigenvalue weighted by atomic mass is 79.9. The van der Waals surface area contributed by atoms with E-state index in [0.717, 1.165) is 10.9 Å². The van der Waals surface area contributed by atoms with E-state index in [2.05, 4.69) is 22.0 Å². The molecule has 0 aliphatic carbocycles. The average Bonchev–Trinajstić information content (AvgIpc) is 2.17. The Labute approximate surface area is 97.4 Å². The molecule has 0 saturated heterocycles. The SMILES string of the molecule is ClCC(CCl)Cc1ccccc1Br. The molecule has 1 aromatic rings. The predicted octanol–water partition coefficient (Wildman–Crippen LogP) is 4.09. The van der Waals surface area contributed by atoms with Gasteiger partial charge >= 0.3 is 0 Å². The molecule has 13 heavy (non-hydrogen) atoms. The summed E-state index contributed by atoms with van der Waals surface area (Å²) in [7, 11) is 0. The second kappa shape index (κ2) is 5.90. The summed E-state index contributed by atoms with van der Waals surface area (Å²) in [5.41, 5.74) is 1.27. The van der Waals surface area contributed by atoms with E-state index in [1.54, 1.807) is 0 Å². The normalized spacial score (nSPS) is 10.8. The van der Waals surface area contributed by atoms with E-state index in [9.17, 15) is 0 Å². The number of rotatable bonds is 4. The largest absolute Gasteiger partial charge is 0.126 e. The molecule has 0 aliphatic heterocycles. The second-order valence-corrected chi connectivity index (χ2v) is 4.44. The molecule has 0 saturated carbocycles. The van der Waals surface area contributed by atoms with Crippen molar-refractivity contribution in [1.82, 2.24) is 0 Å². The van der Waals surface area contributed by atoms with E-state index in [0.29, 0.717) is 17.7 Å². The van der Waals surface area contributed by atoms with Gasteiger partial charge in [-0.2, -0.15) is 0 Å². The van der Waals surface area contributed by atoms with Crippen molar-refractivity contribution >= 4 is 39.1 Å². The minimum atomic E-state index is 0.363. The lowest BCUT2D eigenvalue weighted by molar-refractivity contribution is 0.660. The van der Waals surface area contributed by atoms with E-state index in [4.69, 9.17) is 23.2 Å². The first-order valence-corrected chi connectivity index (χ1v) is 5.99. The minimum Gasteiger partial charge on any atom is -0.126 e. The van der Waals surface area contributed by atoms with Crippen LogP contribution in [-0.2, 0) is 6.42 Å². The Morgan fingerprint density at radius 2 is 1.77 bits per heavy atom. The molecule has 0 atom stereocenters. The van der Waals surface area contributed by atoms with Gasteiger partial charge in [0.25, 0.3) is 0 Å². The van der Waals surface area contributed by atoms with E-state index >= 15 is 0 Å². The van der Waals surface area contributed by atoms with Crippen molar-refractivity contribution in [3.63, 3.8) is 0 Å². The molecule has 0 aromatic heterocycles. The first-order chi connectivity index (χ1) is 6.27. The van der Waals surface area contributed by atoms with Gasteiger partial charge < -0.3 is 0 Å². The molecule has 0 heterocycles. The Bertz CT molecular complexity index is 259. The monoisotopic (exact) mass is 280 g/mol. The zero-order chi connectivity index (χ0) is 9.68. The Morgan fingerprint density at radius 1 is 1.15 bits per heavy atom. The maximum absolute atomic E-state index is 5.77. The van der Waals surface area contributed by atoms with Gasteiger partial charge in [-0.3, -0.25) is 0 Å². The molecule has 1 rings (SSSR count). The second-order valence-electron chi connectivity index (χ2n) is 2.97. The number of alkyl halides is 2. The molecule has 0 amide bonds. The summed E-state index contributed by atoms with van der Waals surface area (Å²) in [6, 6.07) is 8.16. The van der Waals surface area contributed by atoms with Crippen molar-refractivity contribution < 1.29 is 0 Å². The van der Waals surface area contributed by atoms with Crippen LogP contribution in [0.1, 0.15) is 5.56 Å². The lowest BCUT2D eigenvalue weighted by atomic mass is 10.0. The van der Waals surface area contributed by atoms with Crippen LogP contribution < -0.4 is 0 Å². The lowest BCUT2D eigenvalue weighted by Gasteiger charge is -2.10. The van der Waals surface area contributed by atoms with Gasteiger partial charge in [-0.15, -0.1) is 23.2 Å². The third kappa shape index (κ3) is 3.49. The zero-order valence-corrected chi connectivity index (χ0v) is 10.2. The summed E-state index contributed by atoms with van der Waals surface area (Å²) in [5.74, 6) is 1.59. The van der Waals surface area contributed by atoms with Crippen molar-refractivity contribution in [3.05, 3.63) is 34.3 Å². The molecule has 72 valence electrons. The van der Waals surface area contributed by atoms with Gasteiger partial charge in [0, 0.05) is 16.2 Å². The van der Waals surface area contributed by atoms with Gasteiger partial charge in [0.15, 0.2) is 0 Å². The summed E-state index contributed by atoms with van der Waals surface area (Å²) in [6.07, 6.45) is 0.939. The first-order valence-electron chi connectivity index (χ1n) is 4.13. The molecule has 0 bridgehead atoms. The van der Waals surface area contributed by atoms with Crippen LogP contribution in [0.4, 0.5) is 0 Å². The summed E-state index contributed by atoms with van der Waals surface area (Å²) in [4.78, 5) is 0. The third-order valence-electron chi connectivity index (χ3n) is 1.90. The minimum absolute atomic E-state index is 0.363. The van der Waals surface area contributed by atoms with Crippen molar-refractivity contribution in [1.29, 1.82) is 0 Å². The van der Waals surface area contributed by atoms with Crippen LogP contribution in [-0.4, -0.2) is 11.8 Å². The molecule has 0 radical (unpaired) electrons. The molecule has 1 aromatic carbocycles. The summed E-state index contributed by atoms with van der Waals surface area (Å²) >= 11 is 15.0. The molecule has 0 fully saturated rings. The van der Waals surface area contributed by atoms with Crippen molar-refractivity contribution in [2.75, 3.05) is 11.8 Å². The van der Waals surface area contributed by atoms with Crippen molar-refractivity contribution in [3.8, 4) is 0 Å². The fraction of sp³-hybridized carbons (Fsp3) is 0.400. The molecule has 0 nitrogen and oxygen atoms in total. The van der Waals surface area contributed by atoms with Crippen LogP contribution in [0.3, 0.4) is 0 Å². The first kappa shape index (κ1) is 11.4. The van der Waals surface area contributed by atoms with Crippen LogP contribution >= 0.6 is 39.1 Å². The maximum atomic E-state index is 5.77. The number of halogens is 3. The molecule has 3 heteroatoms. The van der Waals surface area contributed by atoms with E-state index in [1.165, 1.54) is 5.56 Å². The van der Waals surface area contributed by atoms with Gasteiger partial charge in [-0.1, -0.05) is 34.1 Å². The molecular weight excluding hydrogens is 271 g/mol. The predicted molar refractivity (Wildman–Crippen MR) is 62.8 cm³/mol. The van der Waals surface area contributed by atoms with Crippen molar-refractivity contribution in [2.45, 2.75) is 6.42 Å². The molecule has 0 spiro atoms. The Kier molecular flexibility index (Phi) is 5.15. The van der Waals surface area contributed by atoms with Gasteiger partial charge in [0.1, 0.15) is 0 Å². The fourth-order valence-electron chi connectivity index (χ4n) is 1.13. The molecule has 0 N–H and O–H groups in total. The van der Waals surface area contributed by atoms with E-state index in [-0.39, 0.29) is 0 Å². The highest BCUT2D eigenvalue weighted by Gasteiger charge is 2.08. The highest BCUT2D eigenvalue weighted by Crippen LogP contribution is 2.20. The van der Waals surface area contributed by atoms with E-state index in [1.807, 2.05) is 18.2 Å². The van der Waals surface area contributed by atoms with Gasteiger partial charge in [-0.25, -0.2) is 0 Å². The topological polar surface area (TPSA) is 0 Å². The van der Waals surface area contributed by atoms with Crippen LogP contribution in [0, 0.1) is 5.92 Å². The molecule has 0 aliphatic rings. The van der Waals surface area contributed by atoms with Gasteiger partial charge in [0.2, 0.25) is 0 Å². The van der Waals surface area contributed by atoms with Crippen LogP contribution in [0.15, 0.2) is 28.7 Å². The quantitative estimate of drug-likeness (QED) is 0.730. The zero-order valence-electron chi connectivity index (χ0n) is 7.14. The van der Waals surface area contributed by atoms with E-state index < -0.39 is 0 Å². The number of hydrogen-bond donors (Lipinski definition) is 0. The average molecular weight is 282 g/mol. The third-order valence-corrected chi connectivity index (χ3v) is 3.55. The van der Waals surface area contributed by atoms with Gasteiger partial charge in [0.05, 0.1) is 0 Å². The fourth-order valence-corrected chi connectivity index (χ4v) is 2.12. The molecule has 0 unspecified atom stereocenters. The Hall–Kier alpha value is 0.280. The van der Waals surface area contributed by atoms with Crippen LogP contribution in [0.25, 0.3) is 0 Å². The number of hydrogen-bond acceptors (Lipinski definition) is 0. The van der Waals surface area contributed by atoms with Crippen molar-refractivity contribution in [2.24, 2.45) is 5.92 Å². The van der Waals surface area contributed by atoms with Crippen LogP contribution in [0.2, 0.25) is 0 Å². The number of benzene rings is 1. The Morgan fingerprint density at radius 3 is 2.31 bits per heavy atom.